The van der Waals surface area contributed by atoms with Gasteiger partial charge in [-0.15, -0.1) is 0 Å². The number of anilines is 1. The lowest BCUT2D eigenvalue weighted by Crippen LogP contribution is -2.26. The molecule has 2 rings (SSSR count). The molecular weight excluding hydrogens is 230 g/mol. The van der Waals surface area contributed by atoms with Crippen molar-refractivity contribution in [1.82, 2.24) is 9.97 Å². The summed E-state index contributed by atoms with van der Waals surface area (Å²) in [5, 5.41) is 3.26. The molecule has 0 radical (unpaired) electrons. The van der Waals surface area contributed by atoms with Crippen molar-refractivity contribution in [2.24, 2.45) is 0 Å². The average molecular weight is 251 g/mol. The smallest absolute Gasteiger partial charge is 0.163 e. The lowest BCUT2D eigenvalue weighted by Gasteiger charge is -2.17. The highest BCUT2D eigenvalue weighted by atomic mass is 16.7. The van der Waals surface area contributed by atoms with Gasteiger partial charge in [-0.25, -0.2) is 9.97 Å². The molecule has 1 N–H and O–H groups in total. The van der Waals surface area contributed by atoms with Crippen LogP contribution in [0.5, 0.6) is 0 Å². The average Bonchev–Trinajstić information content (AvgIpc) is 2.67. The van der Waals surface area contributed by atoms with Gasteiger partial charge in [0.05, 0.1) is 6.61 Å². The summed E-state index contributed by atoms with van der Waals surface area (Å²) in [6.07, 6.45) is 1.66. The first-order chi connectivity index (χ1) is 8.46. The van der Waals surface area contributed by atoms with E-state index < -0.39 is 5.79 Å². The first kappa shape index (κ1) is 13.2. The van der Waals surface area contributed by atoms with Crippen molar-refractivity contribution in [2.75, 3.05) is 18.5 Å². The Kier molecular flexibility index (Phi) is 3.82. The van der Waals surface area contributed by atoms with Gasteiger partial charge in [-0.1, -0.05) is 13.8 Å². The van der Waals surface area contributed by atoms with E-state index in [2.05, 4.69) is 29.1 Å². The van der Waals surface area contributed by atoms with Crippen LogP contribution in [-0.2, 0) is 9.47 Å². The predicted octanol–water partition coefficient (Wildman–Crippen LogP) is 2.16. The number of hydrogen-bond acceptors (Lipinski definition) is 5. The molecule has 0 aromatic carbocycles. The molecule has 1 saturated heterocycles. The Morgan fingerprint density at radius 1 is 1.44 bits per heavy atom. The molecule has 18 heavy (non-hydrogen) atoms. The van der Waals surface area contributed by atoms with E-state index in [0.29, 0.717) is 19.1 Å². The zero-order valence-electron chi connectivity index (χ0n) is 11.4. The van der Waals surface area contributed by atoms with Crippen LogP contribution in [0, 0.1) is 0 Å². The van der Waals surface area contributed by atoms with Crippen molar-refractivity contribution in [2.45, 2.75) is 45.5 Å². The molecule has 0 spiro atoms. The number of nitrogens with zero attached hydrogens (tertiary/aromatic N) is 2. The molecule has 1 aliphatic rings. The second-order valence-corrected chi connectivity index (χ2v) is 5.31. The highest BCUT2D eigenvalue weighted by molar-refractivity contribution is 5.35. The maximum atomic E-state index is 5.72. The summed E-state index contributed by atoms with van der Waals surface area (Å²) in [4.78, 5) is 8.44. The van der Waals surface area contributed by atoms with E-state index >= 15 is 0 Å². The highest BCUT2D eigenvalue weighted by Gasteiger charge is 2.32. The molecule has 1 aromatic heterocycles. The number of aromatic nitrogens is 2. The number of rotatable bonds is 4. The molecular formula is C13H21N3O2. The lowest BCUT2D eigenvalue weighted by atomic mass is 10.1. The summed E-state index contributed by atoms with van der Waals surface area (Å²) in [5.74, 6) is 0.766. The van der Waals surface area contributed by atoms with Crippen molar-refractivity contribution in [3.63, 3.8) is 0 Å². The van der Waals surface area contributed by atoms with Gasteiger partial charge in [-0.2, -0.15) is 0 Å². The standard InChI is InChI=1S/C13H21N3O2/c1-9(2)11-5-12(16-8-15-11)14-6-10-7-17-13(3,4)18-10/h5,8-10H,6-7H2,1-4H3,(H,14,15,16). The Labute approximate surface area is 108 Å². The molecule has 0 saturated carbocycles. The molecule has 0 aliphatic carbocycles. The SMILES string of the molecule is CC(C)c1cc(NCC2COC(C)(C)O2)ncn1. The lowest BCUT2D eigenvalue weighted by molar-refractivity contribution is -0.136. The molecule has 100 valence electrons. The quantitative estimate of drug-likeness (QED) is 0.888. The summed E-state index contributed by atoms with van der Waals surface area (Å²) >= 11 is 0. The second kappa shape index (κ2) is 5.20. The molecule has 1 aromatic rings. The van der Waals surface area contributed by atoms with E-state index in [1.807, 2.05) is 19.9 Å². The van der Waals surface area contributed by atoms with Crippen molar-refractivity contribution < 1.29 is 9.47 Å². The molecule has 0 amide bonds. The minimum absolute atomic E-state index is 0.0671. The maximum absolute atomic E-state index is 5.72. The minimum atomic E-state index is -0.471. The monoisotopic (exact) mass is 251 g/mol. The van der Waals surface area contributed by atoms with Gasteiger partial charge in [-0.05, 0) is 19.8 Å². The second-order valence-electron chi connectivity index (χ2n) is 5.31. The fourth-order valence-corrected chi connectivity index (χ4v) is 1.87. The van der Waals surface area contributed by atoms with Crippen molar-refractivity contribution in [3.05, 3.63) is 18.1 Å². The van der Waals surface area contributed by atoms with Crippen LogP contribution in [0.1, 0.15) is 39.3 Å². The number of ether oxygens (including phenoxy) is 2. The Balaban J connectivity index is 1.89. The number of hydrogen-bond donors (Lipinski definition) is 1. The molecule has 5 heteroatoms. The normalized spacial score (nSPS) is 22.4. The topological polar surface area (TPSA) is 56.3 Å². The molecule has 1 atom stereocenters. The van der Waals surface area contributed by atoms with Crippen molar-refractivity contribution in [1.29, 1.82) is 0 Å². The zero-order valence-corrected chi connectivity index (χ0v) is 11.4. The van der Waals surface area contributed by atoms with Gasteiger partial charge in [0.2, 0.25) is 0 Å². The fraction of sp³-hybridized carbons (Fsp3) is 0.692. The molecule has 0 bridgehead atoms. The number of nitrogens with one attached hydrogen (secondary N) is 1. The molecule has 1 aliphatic heterocycles. The van der Waals surface area contributed by atoms with Crippen LogP contribution in [0.2, 0.25) is 0 Å². The third-order valence-corrected chi connectivity index (χ3v) is 2.86. The zero-order chi connectivity index (χ0) is 13.2. The van der Waals surface area contributed by atoms with Gasteiger partial charge < -0.3 is 14.8 Å². The van der Waals surface area contributed by atoms with Crippen LogP contribution >= 0.6 is 0 Å². The largest absolute Gasteiger partial charge is 0.367 e. The van der Waals surface area contributed by atoms with Crippen LogP contribution in [0.3, 0.4) is 0 Å². The van der Waals surface area contributed by atoms with Gasteiger partial charge in [0.1, 0.15) is 18.2 Å². The summed E-state index contributed by atoms with van der Waals surface area (Å²) in [5.41, 5.74) is 1.04. The van der Waals surface area contributed by atoms with Gasteiger partial charge >= 0.3 is 0 Å². The Morgan fingerprint density at radius 3 is 2.83 bits per heavy atom. The summed E-state index contributed by atoms with van der Waals surface area (Å²) in [6.45, 7) is 9.38. The third-order valence-electron chi connectivity index (χ3n) is 2.86. The Hall–Kier alpha value is -1.20. The molecule has 1 fully saturated rings. The van der Waals surface area contributed by atoms with Gasteiger partial charge in [0.25, 0.3) is 0 Å². The maximum Gasteiger partial charge on any atom is 0.163 e. The van der Waals surface area contributed by atoms with E-state index in [4.69, 9.17) is 9.47 Å². The molecule has 1 unspecified atom stereocenters. The van der Waals surface area contributed by atoms with Crippen LogP contribution in [0.25, 0.3) is 0 Å². The van der Waals surface area contributed by atoms with Gasteiger partial charge in [0.15, 0.2) is 5.79 Å². The predicted molar refractivity (Wildman–Crippen MR) is 69.5 cm³/mol. The highest BCUT2D eigenvalue weighted by Crippen LogP contribution is 2.22. The first-order valence-electron chi connectivity index (χ1n) is 6.34. The van der Waals surface area contributed by atoms with Crippen LogP contribution in [-0.4, -0.2) is 35.0 Å². The summed E-state index contributed by atoms with van der Waals surface area (Å²) in [6, 6.07) is 1.98. The Bertz CT molecular complexity index is 407. The van der Waals surface area contributed by atoms with Crippen LogP contribution in [0.4, 0.5) is 5.82 Å². The van der Waals surface area contributed by atoms with Crippen molar-refractivity contribution in [3.8, 4) is 0 Å². The molecule has 2 heterocycles. The Morgan fingerprint density at radius 2 is 2.22 bits per heavy atom. The summed E-state index contributed by atoms with van der Waals surface area (Å²) < 4.78 is 11.2. The molecule has 5 nitrogen and oxygen atoms in total. The minimum Gasteiger partial charge on any atom is -0.367 e. The van der Waals surface area contributed by atoms with E-state index in [9.17, 15) is 0 Å². The first-order valence-corrected chi connectivity index (χ1v) is 6.34. The van der Waals surface area contributed by atoms with E-state index in [0.717, 1.165) is 11.5 Å². The third kappa shape index (κ3) is 3.40. The van der Waals surface area contributed by atoms with Gasteiger partial charge in [-0.3, -0.25) is 0 Å². The van der Waals surface area contributed by atoms with Gasteiger partial charge in [0, 0.05) is 18.3 Å². The van der Waals surface area contributed by atoms with E-state index in [-0.39, 0.29) is 6.10 Å². The van der Waals surface area contributed by atoms with Crippen LogP contribution in [0.15, 0.2) is 12.4 Å². The van der Waals surface area contributed by atoms with E-state index in [1.165, 1.54) is 0 Å². The fourth-order valence-electron chi connectivity index (χ4n) is 1.87. The van der Waals surface area contributed by atoms with Crippen molar-refractivity contribution >= 4 is 5.82 Å². The summed E-state index contributed by atoms with van der Waals surface area (Å²) in [7, 11) is 0. The van der Waals surface area contributed by atoms with E-state index in [1.54, 1.807) is 6.33 Å². The van der Waals surface area contributed by atoms with Crippen LogP contribution < -0.4 is 5.32 Å².